The highest BCUT2D eigenvalue weighted by molar-refractivity contribution is 5.78. The Morgan fingerprint density at radius 1 is 1.10 bits per heavy atom. The zero-order valence-electron chi connectivity index (χ0n) is 14.1. The van der Waals surface area contributed by atoms with Crippen LogP contribution in [0.2, 0.25) is 0 Å². The van der Waals surface area contributed by atoms with E-state index in [4.69, 9.17) is 4.74 Å². The fraction of sp³-hybridized carbons (Fsp3) is 0.588. The third-order valence-electron chi connectivity index (χ3n) is 3.42. The van der Waals surface area contributed by atoms with Crippen molar-refractivity contribution in [3.05, 3.63) is 29.8 Å². The molecule has 0 aliphatic heterocycles. The van der Waals surface area contributed by atoms with Gasteiger partial charge in [-0.25, -0.2) is 0 Å². The highest BCUT2D eigenvalue weighted by Gasteiger charge is 2.21. The lowest BCUT2D eigenvalue weighted by molar-refractivity contribution is -0.135. The SMILES string of the molecule is COc1ccc(CN(C)CC(=O)N(C(C)C)C(C)C)cc1. The zero-order valence-corrected chi connectivity index (χ0v) is 14.1. The Morgan fingerprint density at radius 2 is 1.62 bits per heavy atom. The van der Waals surface area contributed by atoms with Crippen LogP contribution in [0.25, 0.3) is 0 Å². The predicted octanol–water partition coefficient (Wildman–Crippen LogP) is 2.77. The molecule has 0 spiro atoms. The number of carbonyl (C=O) groups excluding carboxylic acids is 1. The molecule has 1 amide bonds. The first-order valence-corrected chi connectivity index (χ1v) is 7.47. The number of methoxy groups -OCH3 is 1. The van der Waals surface area contributed by atoms with Gasteiger partial charge in [-0.15, -0.1) is 0 Å². The van der Waals surface area contributed by atoms with Gasteiger partial charge < -0.3 is 9.64 Å². The van der Waals surface area contributed by atoms with E-state index in [1.807, 2.05) is 41.1 Å². The number of hydrogen-bond donors (Lipinski definition) is 0. The first-order valence-electron chi connectivity index (χ1n) is 7.47. The summed E-state index contributed by atoms with van der Waals surface area (Å²) in [6.45, 7) is 9.41. The van der Waals surface area contributed by atoms with E-state index in [9.17, 15) is 4.79 Å². The van der Waals surface area contributed by atoms with Crippen LogP contribution in [0.5, 0.6) is 5.75 Å². The standard InChI is InChI=1S/C17H28N2O2/c1-13(2)19(14(3)4)17(20)12-18(5)11-15-7-9-16(21-6)10-8-15/h7-10,13-14H,11-12H2,1-6H3. The minimum absolute atomic E-state index is 0.177. The Balaban J connectivity index is 2.59. The Labute approximate surface area is 128 Å². The molecule has 0 radical (unpaired) electrons. The van der Waals surface area contributed by atoms with Crippen molar-refractivity contribution in [1.82, 2.24) is 9.80 Å². The molecule has 0 bridgehead atoms. The van der Waals surface area contributed by atoms with E-state index in [0.717, 1.165) is 12.3 Å². The number of likely N-dealkylation sites (N-methyl/N-ethyl adjacent to an activating group) is 1. The van der Waals surface area contributed by atoms with E-state index in [1.165, 1.54) is 5.56 Å². The quantitative estimate of drug-likeness (QED) is 0.774. The summed E-state index contributed by atoms with van der Waals surface area (Å²) in [5, 5.41) is 0. The van der Waals surface area contributed by atoms with Crippen LogP contribution in [-0.4, -0.2) is 48.5 Å². The van der Waals surface area contributed by atoms with Gasteiger partial charge in [0.05, 0.1) is 13.7 Å². The van der Waals surface area contributed by atoms with E-state index in [1.54, 1.807) is 7.11 Å². The maximum atomic E-state index is 12.4. The number of nitrogens with zero attached hydrogens (tertiary/aromatic N) is 2. The smallest absolute Gasteiger partial charge is 0.237 e. The first kappa shape index (κ1) is 17.5. The summed E-state index contributed by atoms with van der Waals surface area (Å²) in [6.07, 6.45) is 0. The molecule has 0 fully saturated rings. The number of amides is 1. The summed E-state index contributed by atoms with van der Waals surface area (Å²) >= 11 is 0. The highest BCUT2D eigenvalue weighted by atomic mass is 16.5. The van der Waals surface area contributed by atoms with Gasteiger partial charge >= 0.3 is 0 Å². The van der Waals surface area contributed by atoms with Gasteiger partial charge in [-0.3, -0.25) is 9.69 Å². The molecule has 0 saturated carbocycles. The molecule has 4 heteroatoms. The van der Waals surface area contributed by atoms with Crippen molar-refractivity contribution in [2.24, 2.45) is 0 Å². The van der Waals surface area contributed by atoms with Crippen molar-refractivity contribution in [3.8, 4) is 5.75 Å². The largest absolute Gasteiger partial charge is 0.497 e. The van der Waals surface area contributed by atoms with E-state index in [0.29, 0.717) is 6.54 Å². The second kappa shape index (κ2) is 8.03. The molecule has 0 heterocycles. The number of rotatable bonds is 7. The Hall–Kier alpha value is -1.55. The van der Waals surface area contributed by atoms with Crippen molar-refractivity contribution in [2.45, 2.75) is 46.3 Å². The lowest BCUT2D eigenvalue weighted by atomic mass is 10.2. The van der Waals surface area contributed by atoms with E-state index in [-0.39, 0.29) is 18.0 Å². The normalized spacial score (nSPS) is 11.3. The van der Waals surface area contributed by atoms with Gasteiger partial charge in [0.1, 0.15) is 5.75 Å². The highest BCUT2D eigenvalue weighted by Crippen LogP contribution is 2.13. The number of ether oxygens (including phenoxy) is 1. The lowest BCUT2D eigenvalue weighted by Crippen LogP contribution is -2.46. The van der Waals surface area contributed by atoms with Gasteiger partial charge in [-0.05, 0) is 52.4 Å². The molecule has 0 aliphatic rings. The Kier molecular flexibility index (Phi) is 6.69. The molecule has 21 heavy (non-hydrogen) atoms. The summed E-state index contributed by atoms with van der Waals surface area (Å²) in [7, 11) is 3.63. The molecular formula is C17H28N2O2. The second-order valence-electron chi connectivity index (χ2n) is 6.01. The van der Waals surface area contributed by atoms with Gasteiger partial charge in [0.15, 0.2) is 0 Å². The average Bonchev–Trinajstić information content (AvgIpc) is 2.38. The van der Waals surface area contributed by atoms with Crippen LogP contribution in [0.15, 0.2) is 24.3 Å². The van der Waals surface area contributed by atoms with Gasteiger partial charge in [-0.1, -0.05) is 12.1 Å². The van der Waals surface area contributed by atoms with Crippen LogP contribution in [0, 0.1) is 0 Å². The summed E-state index contributed by atoms with van der Waals surface area (Å²) in [6, 6.07) is 8.41. The van der Waals surface area contributed by atoms with Crippen LogP contribution in [0.3, 0.4) is 0 Å². The topological polar surface area (TPSA) is 32.8 Å². The molecule has 0 aromatic heterocycles. The summed E-state index contributed by atoms with van der Waals surface area (Å²) in [4.78, 5) is 16.4. The fourth-order valence-electron chi connectivity index (χ4n) is 2.58. The van der Waals surface area contributed by atoms with E-state index < -0.39 is 0 Å². The molecule has 0 atom stereocenters. The van der Waals surface area contributed by atoms with Crippen LogP contribution >= 0.6 is 0 Å². The van der Waals surface area contributed by atoms with Crippen LogP contribution < -0.4 is 4.74 Å². The van der Waals surface area contributed by atoms with Crippen molar-refractivity contribution in [1.29, 1.82) is 0 Å². The molecule has 0 unspecified atom stereocenters. The zero-order chi connectivity index (χ0) is 16.0. The van der Waals surface area contributed by atoms with Crippen molar-refractivity contribution in [3.63, 3.8) is 0 Å². The van der Waals surface area contributed by atoms with Crippen molar-refractivity contribution >= 4 is 5.91 Å². The van der Waals surface area contributed by atoms with E-state index in [2.05, 4.69) is 27.7 Å². The predicted molar refractivity (Wildman–Crippen MR) is 86.4 cm³/mol. The molecule has 0 saturated heterocycles. The van der Waals surface area contributed by atoms with Crippen LogP contribution in [0.4, 0.5) is 0 Å². The van der Waals surface area contributed by atoms with Gasteiger partial charge in [0, 0.05) is 18.6 Å². The maximum Gasteiger partial charge on any atom is 0.237 e. The summed E-state index contributed by atoms with van der Waals surface area (Å²) in [5.74, 6) is 1.03. The summed E-state index contributed by atoms with van der Waals surface area (Å²) in [5.41, 5.74) is 1.17. The van der Waals surface area contributed by atoms with Crippen molar-refractivity contribution in [2.75, 3.05) is 20.7 Å². The molecule has 1 aromatic rings. The van der Waals surface area contributed by atoms with Gasteiger partial charge in [0.2, 0.25) is 5.91 Å². The number of benzene rings is 1. The molecule has 1 aromatic carbocycles. The third kappa shape index (κ3) is 5.38. The van der Waals surface area contributed by atoms with Crippen LogP contribution in [-0.2, 0) is 11.3 Å². The average molecular weight is 292 g/mol. The molecular weight excluding hydrogens is 264 g/mol. The minimum atomic E-state index is 0.177. The molecule has 1 rings (SSSR count). The molecule has 118 valence electrons. The van der Waals surface area contributed by atoms with E-state index >= 15 is 0 Å². The van der Waals surface area contributed by atoms with Gasteiger partial charge in [0.25, 0.3) is 0 Å². The minimum Gasteiger partial charge on any atom is -0.497 e. The molecule has 0 aliphatic carbocycles. The lowest BCUT2D eigenvalue weighted by Gasteiger charge is -2.32. The fourth-order valence-corrected chi connectivity index (χ4v) is 2.58. The first-order chi connectivity index (χ1) is 9.85. The van der Waals surface area contributed by atoms with Crippen molar-refractivity contribution < 1.29 is 9.53 Å². The number of hydrogen-bond acceptors (Lipinski definition) is 3. The third-order valence-corrected chi connectivity index (χ3v) is 3.42. The maximum absolute atomic E-state index is 12.4. The Morgan fingerprint density at radius 3 is 2.05 bits per heavy atom. The monoisotopic (exact) mass is 292 g/mol. The summed E-state index contributed by atoms with van der Waals surface area (Å²) < 4.78 is 5.15. The van der Waals surface area contributed by atoms with Crippen LogP contribution in [0.1, 0.15) is 33.3 Å². The molecule has 4 nitrogen and oxygen atoms in total. The van der Waals surface area contributed by atoms with Gasteiger partial charge in [-0.2, -0.15) is 0 Å². The number of carbonyl (C=O) groups is 1. The Bertz CT molecular complexity index is 433. The second-order valence-corrected chi connectivity index (χ2v) is 6.01. The molecule has 0 N–H and O–H groups in total.